The van der Waals surface area contributed by atoms with Gasteiger partial charge in [0, 0.05) is 5.69 Å². The average Bonchev–Trinajstić information content (AvgIpc) is 3.25. The molecule has 1 atom stereocenters. The summed E-state index contributed by atoms with van der Waals surface area (Å²) in [5, 5.41) is 13.1. The fourth-order valence-corrected chi connectivity index (χ4v) is 3.73. The van der Waals surface area contributed by atoms with Gasteiger partial charge < -0.3 is 11.1 Å². The first-order valence-corrected chi connectivity index (χ1v) is 9.12. The minimum Gasteiger partial charge on any atom is -0.366 e. The highest BCUT2D eigenvalue weighted by Crippen LogP contribution is 2.27. The summed E-state index contributed by atoms with van der Waals surface area (Å²) in [6.45, 7) is 1.77. The lowest BCUT2D eigenvalue weighted by Gasteiger charge is -2.12. The van der Waals surface area contributed by atoms with Crippen LogP contribution >= 0.6 is 23.1 Å². The van der Waals surface area contributed by atoms with Crippen molar-refractivity contribution in [3.63, 3.8) is 0 Å². The number of hydrogen-bond acceptors (Lipinski definition) is 6. The van der Waals surface area contributed by atoms with Crippen LogP contribution in [0.2, 0.25) is 0 Å². The van der Waals surface area contributed by atoms with Crippen LogP contribution in [0, 0.1) is 0 Å². The molecule has 2 amide bonds. The van der Waals surface area contributed by atoms with Gasteiger partial charge in [0.25, 0.3) is 5.91 Å². The van der Waals surface area contributed by atoms with Crippen LogP contribution in [-0.2, 0) is 4.79 Å². The topological polar surface area (TPSA) is 103 Å². The molecule has 0 aliphatic carbocycles. The molecule has 9 heteroatoms. The normalized spacial score (nSPS) is 11.9. The van der Waals surface area contributed by atoms with Crippen molar-refractivity contribution >= 4 is 39.9 Å². The number of thiophene rings is 1. The molecule has 128 valence electrons. The Bertz CT molecular complexity index is 891. The molecule has 0 bridgehead atoms. The number of aromatic nitrogens is 3. The third kappa shape index (κ3) is 3.89. The Morgan fingerprint density at radius 3 is 2.76 bits per heavy atom. The van der Waals surface area contributed by atoms with Crippen molar-refractivity contribution in [1.29, 1.82) is 0 Å². The summed E-state index contributed by atoms with van der Waals surface area (Å²) in [7, 11) is 0. The van der Waals surface area contributed by atoms with E-state index in [1.165, 1.54) is 23.1 Å². The zero-order valence-electron chi connectivity index (χ0n) is 13.2. The van der Waals surface area contributed by atoms with Crippen molar-refractivity contribution in [2.45, 2.75) is 17.3 Å². The van der Waals surface area contributed by atoms with Crippen molar-refractivity contribution in [1.82, 2.24) is 14.8 Å². The predicted octanol–water partition coefficient (Wildman–Crippen LogP) is 2.55. The van der Waals surface area contributed by atoms with Gasteiger partial charge in [-0.15, -0.1) is 21.5 Å². The summed E-state index contributed by atoms with van der Waals surface area (Å²) in [5.41, 5.74) is 6.52. The number of nitrogens with two attached hydrogens (primary N) is 1. The number of thioether (sulfide) groups is 1. The van der Waals surface area contributed by atoms with Crippen molar-refractivity contribution < 1.29 is 9.59 Å². The van der Waals surface area contributed by atoms with Gasteiger partial charge in [-0.1, -0.05) is 30.0 Å². The number of anilines is 1. The average molecular weight is 373 g/mol. The van der Waals surface area contributed by atoms with E-state index in [2.05, 4.69) is 15.5 Å². The van der Waals surface area contributed by atoms with E-state index in [4.69, 9.17) is 5.73 Å². The van der Waals surface area contributed by atoms with Gasteiger partial charge in [-0.2, -0.15) is 0 Å². The highest BCUT2D eigenvalue weighted by Gasteiger charge is 2.20. The Labute approximate surface area is 152 Å². The number of amides is 2. The summed E-state index contributed by atoms with van der Waals surface area (Å²) in [4.78, 5) is 23.8. The molecule has 0 unspecified atom stereocenters. The molecule has 1 aromatic carbocycles. The van der Waals surface area contributed by atoms with Crippen LogP contribution in [0.5, 0.6) is 0 Å². The van der Waals surface area contributed by atoms with E-state index in [1.54, 1.807) is 24.7 Å². The molecule has 0 radical (unpaired) electrons. The zero-order valence-corrected chi connectivity index (χ0v) is 14.9. The van der Waals surface area contributed by atoms with E-state index in [1.807, 2.05) is 34.9 Å². The number of nitrogens with zero attached hydrogens (tertiary/aromatic N) is 3. The quantitative estimate of drug-likeness (QED) is 0.646. The summed E-state index contributed by atoms with van der Waals surface area (Å²) >= 11 is 2.54. The van der Waals surface area contributed by atoms with Crippen LogP contribution in [-0.4, -0.2) is 31.8 Å². The van der Waals surface area contributed by atoms with Gasteiger partial charge in [-0.05, 0) is 30.5 Å². The fourth-order valence-electron chi connectivity index (χ4n) is 2.10. The second kappa shape index (κ2) is 7.49. The maximum absolute atomic E-state index is 12.4. The summed E-state index contributed by atoms with van der Waals surface area (Å²) in [6.07, 6.45) is 1.60. The predicted molar refractivity (Wildman–Crippen MR) is 98.1 cm³/mol. The minimum atomic E-state index is -0.569. The summed E-state index contributed by atoms with van der Waals surface area (Å²) in [6, 6.07) is 11.2. The second-order valence-corrected chi connectivity index (χ2v) is 7.32. The molecule has 0 saturated heterocycles. The lowest BCUT2D eigenvalue weighted by atomic mass is 10.3. The Balaban J connectivity index is 1.72. The summed E-state index contributed by atoms with van der Waals surface area (Å²) in [5.74, 6) is -0.807. The van der Waals surface area contributed by atoms with Crippen molar-refractivity contribution in [3.05, 3.63) is 53.7 Å². The fraction of sp³-hybridized carbons (Fsp3) is 0.125. The van der Waals surface area contributed by atoms with E-state index < -0.39 is 11.2 Å². The van der Waals surface area contributed by atoms with Gasteiger partial charge >= 0.3 is 0 Å². The molecule has 0 saturated carbocycles. The number of carbonyl (C=O) groups excluding carboxylic acids is 2. The van der Waals surface area contributed by atoms with Crippen LogP contribution < -0.4 is 11.1 Å². The van der Waals surface area contributed by atoms with Crippen LogP contribution in [0.1, 0.15) is 17.3 Å². The maximum Gasteiger partial charge on any atom is 0.251 e. The first-order chi connectivity index (χ1) is 12.1. The second-order valence-electron chi connectivity index (χ2n) is 5.10. The standard InChI is InChI=1S/C16H15N5O2S2/c1-10(14(23)19-15-12(13(17)22)7-8-24-15)25-16-20-18-9-21(16)11-5-3-2-4-6-11/h2-10H,1H3,(H2,17,22)(H,19,23)/t10-/m0/s1. The first kappa shape index (κ1) is 17.2. The van der Waals surface area contributed by atoms with Crippen LogP contribution in [0.4, 0.5) is 5.00 Å². The highest BCUT2D eigenvalue weighted by atomic mass is 32.2. The third-order valence-electron chi connectivity index (χ3n) is 3.37. The van der Waals surface area contributed by atoms with Gasteiger partial charge in [-0.3, -0.25) is 14.2 Å². The van der Waals surface area contributed by atoms with E-state index >= 15 is 0 Å². The first-order valence-electron chi connectivity index (χ1n) is 7.36. The Hall–Kier alpha value is -2.65. The van der Waals surface area contributed by atoms with Crippen LogP contribution in [0.25, 0.3) is 5.69 Å². The molecule has 2 aromatic heterocycles. The van der Waals surface area contributed by atoms with Crippen molar-refractivity contribution in [2.24, 2.45) is 5.73 Å². The molecule has 0 aliphatic heterocycles. The Kier molecular flexibility index (Phi) is 5.15. The maximum atomic E-state index is 12.4. The third-order valence-corrected chi connectivity index (χ3v) is 5.26. The lowest BCUT2D eigenvalue weighted by Crippen LogP contribution is -2.24. The number of benzene rings is 1. The molecule has 7 nitrogen and oxygen atoms in total. The SMILES string of the molecule is C[C@H](Sc1nncn1-c1ccccc1)C(=O)Nc1sccc1C(N)=O. The molecule has 0 spiro atoms. The largest absolute Gasteiger partial charge is 0.366 e. The molecule has 0 aliphatic rings. The number of nitrogens with one attached hydrogen (secondary N) is 1. The molecule has 25 heavy (non-hydrogen) atoms. The molecule has 0 fully saturated rings. The van der Waals surface area contributed by atoms with Gasteiger partial charge in [0.05, 0.1) is 10.8 Å². The van der Waals surface area contributed by atoms with Crippen molar-refractivity contribution in [3.8, 4) is 5.69 Å². The smallest absolute Gasteiger partial charge is 0.251 e. The monoisotopic (exact) mass is 373 g/mol. The van der Waals surface area contributed by atoms with E-state index in [0.717, 1.165) is 5.69 Å². The molecule has 3 rings (SSSR count). The number of rotatable bonds is 6. The summed E-state index contributed by atoms with van der Waals surface area (Å²) < 4.78 is 1.81. The zero-order chi connectivity index (χ0) is 17.8. The van der Waals surface area contributed by atoms with E-state index in [-0.39, 0.29) is 5.91 Å². The Morgan fingerprint density at radius 1 is 1.28 bits per heavy atom. The van der Waals surface area contributed by atoms with Crippen molar-refractivity contribution in [2.75, 3.05) is 5.32 Å². The van der Waals surface area contributed by atoms with Gasteiger partial charge in [0.1, 0.15) is 11.3 Å². The van der Waals surface area contributed by atoms with Gasteiger partial charge in [-0.25, -0.2) is 0 Å². The minimum absolute atomic E-state index is 0.238. The number of carbonyl (C=O) groups is 2. The lowest BCUT2D eigenvalue weighted by molar-refractivity contribution is -0.115. The van der Waals surface area contributed by atoms with Crippen LogP contribution in [0.15, 0.2) is 53.3 Å². The number of para-hydroxylation sites is 1. The molecule has 3 aromatic rings. The highest BCUT2D eigenvalue weighted by molar-refractivity contribution is 8.00. The number of primary amides is 1. The van der Waals surface area contributed by atoms with Gasteiger partial charge in [0.15, 0.2) is 5.16 Å². The molecular weight excluding hydrogens is 358 g/mol. The molecule has 2 heterocycles. The van der Waals surface area contributed by atoms with Crippen LogP contribution in [0.3, 0.4) is 0 Å². The Morgan fingerprint density at radius 2 is 2.04 bits per heavy atom. The van der Waals surface area contributed by atoms with E-state index in [9.17, 15) is 9.59 Å². The molecular formula is C16H15N5O2S2. The van der Waals surface area contributed by atoms with E-state index in [0.29, 0.717) is 15.7 Å². The number of hydrogen-bond donors (Lipinski definition) is 2. The van der Waals surface area contributed by atoms with Gasteiger partial charge in [0.2, 0.25) is 5.91 Å². The molecule has 3 N–H and O–H groups in total.